The van der Waals surface area contributed by atoms with Crippen molar-refractivity contribution in [3.63, 3.8) is 0 Å². The minimum absolute atomic E-state index is 0.354. The van der Waals surface area contributed by atoms with Crippen LogP contribution < -0.4 is 5.73 Å². The Balaban J connectivity index is 2.87. The molecule has 0 amide bonds. The molecule has 4 heteroatoms. The molecule has 0 radical (unpaired) electrons. The molecule has 1 aromatic rings. The molecule has 1 heterocycles. The van der Waals surface area contributed by atoms with E-state index in [9.17, 15) is 4.79 Å². The number of nitrogens with zero attached hydrogens (tertiary/aromatic N) is 1. The SMILES string of the molecule is CCOC(=O)c1cn(CC)cc1N. The molecule has 1 aromatic heterocycles. The normalized spacial score (nSPS) is 10.0. The van der Waals surface area contributed by atoms with Gasteiger partial charge in [0.25, 0.3) is 0 Å². The van der Waals surface area contributed by atoms with Crippen LogP contribution in [0.4, 0.5) is 5.69 Å². The average molecular weight is 182 g/mol. The van der Waals surface area contributed by atoms with E-state index in [0.29, 0.717) is 17.9 Å². The van der Waals surface area contributed by atoms with E-state index in [-0.39, 0.29) is 5.97 Å². The van der Waals surface area contributed by atoms with Crippen LogP contribution in [-0.2, 0) is 11.3 Å². The van der Waals surface area contributed by atoms with Gasteiger partial charge in [-0.25, -0.2) is 4.79 Å². The number of ether oxygens (including phenoxy) is 1. The van der Waals surface area contributed by atoms with Crippen LogP contribution in [0.2, 0.25) is 0 Å². The molecule has 0 atom stereocenters. The van der Waals surface area contributed by atoms with Crippen LogP contribution in [-0.4, -0.2) is 17.1 Å². The highest BCUT2D eigenvalue weighted by molar-refractivity contribution is 5.94. The number of carbonyl (C=O) groups is 1. The summed E-state index contributed by atoms with van der Waals surface area (Å²) in [4.78, 5) is 11.3. The Morgan fingerprint density at radius 3 is 2.69 bits per heavy atom. The van der Waals surface area contributed by atoms with Crippen molar-refractivity contribution in [1.29, 1.82) is 0 Å². The minimum Gasteiger partial charge on any atom is -0.462 e. The Bertz CT molecular complexity index is 305. The number of nitrogen functional groups attached to an aromatic ring is 1. The maximum Gasteiger partial charge on any atom is 0.341 e. The highest BCUT2D eigenvalue weighted by Crippen LogP contribution is 2.13. The first kappa shape index (κ1) is 9.64. The number of aromatic nitrogens is 1. The molecule has 0 spiro atoms. The highest BCUT2D eigenvalue weighted by atomic mass is 16.5. The van der Waals surface area contributed by atoms with Crippen LogP contribution in [0.15, 0.2) is 12.4 Å². The number of carbonyl (C=O) groups excluding carboxylic acids is 1. The second-order valence-corrected chi connectivity index (χ2v) is 2.68. The lowest BCUT2D eigenvalue weighted by Gasteiger charge is -1.98. The van der Waals surface area contributed by atoms with E-state index in [0.717, 1.165) is 6.54 Å². The number of esters is 1. The van der Waals surface area contributed by atoms with Crippen molar-refractivity contribution >= 4 is 11.7 Å². The summed E-state index contributed by atoms with van der Waals surface area (Å²) in [6.07, 6.45) is 3.43. The van der Waals surface area contributed by atoms with Crippen LogP contribution >= 0.6 is 0 Å². The van der Waals surface area contributed by atoms with Crippen LogP contribution in [0.5, 0.6) is 0 Å². The van der Waals surface area contributed by atoms with Gasteiger partial charge >= 0.3 is 5.97 Å². The molecule has 0 saturated carbocycles. The summed E-state index contributed by atoms with van der Waals surface area (Å²) < 4.78 is 6.68. The maximum atomic E-state index is 11.3. The van der Waals surface area contributed by atoms with Gasteiger partial charge in [-0.3, -0.25) is 0 Å². The maximum absolute atomic E-state index is 11.3. The first-order valence-electron chi connectivity index (χ1n) is 4.31. The molecule has 4 nitrogen and oxygen atoms in total. The summed E-state index contributed by atoms with van der Waals surface area (Å²) in [5.74, 6) is -0.354. The Kier molecular flexibility index (Phi) is 2.95. The number of anilines is 1. The van der Waals surface area contributed by atoms with Crippen molar-refractivity contribution in [3.05, 3.63) is 18.0 Å². The van der Waals surface area contributed by atoms with Gasteiger partial charge in [0.2, 0.25) is 0 Å². The van der Waals surface area contributed by atoms with Crippen molar-refractivity contribution < 1.29 is 9.53 Å². The van der Waals surface area contributed by atoms with E-state index in [4.69, 9.17) is 10.5 Å². The van der Waals surface area contributed by atoms with E-state index in [1.807, 2.05) is 11.5 Å². The fourth-order valence-electron chi connectivity index (χ4n) is 1.09. The lowest BCUT2D eigenvalue weighted by molar-refractivity contribution is 0.0527. The zero-order valence-corrected chi connectivity index (χ0v) is 7.91. The predicted octanol–water partition coefficient (Wildman–Crippen LogP) is 1.27. The first-order chi connectivity index (χ1) is 6.19. The quantitative estimate of drug-likeness (QED) is 0.716. The fraction of sp³-hybridized carbons (Fsp3) is 0.444. The Morgan fingerprint density at radius 1 is 1.54 bits per heavy atom. The summed E-state index contributed by atoms with van der Waals surface area (Å²) in [6, 6.07) is 0. The van der Waals surface area contributed by atoms with E-state index in [1.54, 1.807) is 19.3 Å². The number of aryl methyl sites for hydroxylation is 1. The molecule has 0 aliphatic carbocycles. The van der Waals surface area contributed by atoms with Gasteiger partial charge < -0.3 is 15.0 Å². The number of rotatable bonds is 3. The third-order valence-corrected chi connectivity index (χ3v) is 1.77. The van der Waals surface area contributed by atoms with Gasteiger partial charge in [0.05, 0.1) is 12.3 Å². The van der Waals surface area contributed by atoms with Crippen molar-refractivity contribution in [2.45, 2.75) is 20.4 Å². The summed E-state index contributed by atoms with van der Waals surface area (Å²) in [7, 11) is 0. The van der Waals surface area contributed by atoms with Gasteiger partial charge in [-0.1, -0.05) is 0 Å². The Labute approximate surface area is 77.3 Å². The Morgan fingerprint density at radius 2 is 2.23 bits per heavy atom. The van der Waals surface area contributed by atoms with Gasteiger partial charge in [-0.2, -0.15) is 0 Å². The molecule has 13 heavy (non-hydrogen) atoms. The van der Waals surface area contributed by atoms with Crippen LogP contribution in [0.3, 0.4) is 0 Å². The molecule has 0 fully saturated rings. The zero-order chi connectivity index (χ0) is 9.84. The van der Waals surface area contributed by atoms with Gasteiger partial charge in [0.15, 0.2) is 0 Å². The third kappa shape index (κ3) is 2.02. The topological polar surface area (TPSA) is 57.2 Å². The fourth-order valence-corrected chi connectivity index (χ4v) is 1.09. The van der Waals surface area contributed by atoms with Crippen LogP contribution in [0, 0.1) is 0 Å². The van der Waals surface area contributed by atoms with Crippen molar-refractivity contribution in [2.24, 2.45) is 0 Å². The standard InChI is InChI=1S/C9H14N2O2/c1-3-11-5-7(8(10)6-11)9(12)13-4-2/h5-6H,3-4,10H2,1-2H3. The zero-order valence-electron chi connectivity index (χ0n) is 7.91. The predicted molar refractivity (Wildman–Crippen MR) is 50.5 cm³/mol. The molecule has 72 valence electrons. The summed E-state index contributed by atoms with van der Waals surface area (Å²) in [6.45, 7) is 4.92. The van der Waals surface area contributed by atoms with Gasteiger partial charge in [-0.15, -0.1) is 0 Å². The lowest BCUT2D eigenvalue weighted by Crippen LogP contribution is -2.05. The molecule has 2 N–H and O–H groups in total. The number of hydrogen-bond donors (Lipinski definition) is 1. The number of hydrogen-bond acceptors (Lipinski definition) is 3. The second kappa shape index (κ2) is 3.98. The molecule has 0 unspecified atom stereocenters. The van der Waals surface area contributed by atoms with Crippen LogP contribution in [0.25, 0.3) is 0 Å². The van der Waals surface area contributed by atoms with Crippen LogP contribution in [0.1, 0.15) is 24.2 Å². The average Bonchev–Trinajstić information content (AvgIpc) is 2.47. The van der Waals surface area contributed by atoms with E-state index in [1.165, 1.54) is 0 Å². The monoisotopic (exact) mass is 182 g/mol. The van der Waals surface area contributed by atoms with Crippen molar-refractivity contribution in [2.75, 3.05) is 12.3 Å². The molecule has 0 aliphatic heterocycles. The third-order valence-electron chi connectivity index (χ3n) is 1.77. The van der Waals surface area contributed by atoms with Gasteiger partial charge in [0.1, 0.15) is 5.56 Å². The molecule has 1 rings (SSSR count). The minimum atomic E-state index is -0.354. The van der Waals surface area contributed by atoms with Crippen molar-refractivity contribution in [1.82, 2.24) is 4.57 Å². The molecule has 0 aliphatic rings. The highest BCUT2D eigenvalue weighted by Gasteiger charge is 2.12. The van der Waals surface area contributed by atoms with E-state index < -0.39 is 0 Å². The van der Waals surface area contributed by atoms with Gasteiger partial charge in [0, 0.05) is 18.9 Å². The lowest BCUT2D eigenvalue weighted by atomic mass is 10.3. The van der Waals surface area contributed by atoms with Gasteiger partial charge in [-0.05, 0) is 13.8 Å². The molecular formula is C9H14N2O2. The molecule has 0 saturated heterocycles. The summed E-state index contributed by atoms with van der Waals surface area (Å²) in [5, 5.41) is 0. The molecule has 0 aromatic carbocycles. The van der Waals surface area contributed by atoms with Crippen molar-refractivity contribution in [3.8, 4) is 0 Å². The number of nitrogens with two attached hydrogens (primary N) is 1. The molecular weight excluding hydrogens is 168 g/mol. The smallest absolute Gasteiger partial charge is 0.341 e. The summed E-state index contributed by atoms with van der Waals surface area (Å²) in [5.41, 5.74) is 6.55. The van der Waals surface area contributed by atoms with E-state index in [2.05, 4.69) is 0 Å². The largest absolute Gasteiger partial charge is 0.462 e. The Hall–Kier alpha value is -1.45. The second-order valence-electron chi connectivity index (χ2n) is 2.68. The molecule has 0 bridgehead atoms. The first-order valence-corrected chi connectivity index (χ1v) is 4.31. The van der Waals surface area contributed by atoms with E-state index >= 15 is 0 Å². The summed E-state index contributed by atoms with van der Waals surface area (Å²) >= 11 is 0.